The van der Waals surface area contributed by atoms with Crippen LogP contribution in [0, 0.1) is 0 Å². The minimum Gasteiger partial charge on any atom is -0.497 e. The molecule has 0 radical (unpaired) electrons. The van der Waals surface area contributed by atoms with Crippen molar-refractivity contribution in [1.82, 2.24) is 4.90 Å². The normalized spacial score (nSPS) is 18.9. The maximum Gasteiger partial charge on any atom is 0.191 e. The second-order valence-corrected chi connectivity index (χ2v) is 5.15. The van der Waals surface area contributed by atoms with Crippen molar-refractivity contribution in [2.24, 2.45) is 10.7 Å². The monoisotopic (exact) mass is 311 g/mol. The Morgan fingerprint density at radius 2 is 2.33 bits per heavy atom. The second-order valence-electron chi connectivity index (χ2n) is 4.30. The van der Waals surface area contributed by atoms with E-state index >= 15 is 0 Å². The number of ether oxygens (including phenoxy) is 1. The molecule has 2 rings (SSSR count). The topological polar surface area (TPSA) is 50.8 Å². The van der Waals surface area contributed by atoms with Gasteiger partial charge >= 0.3 is 0 Å². The Morgan fingerprint density at radius 3 is 3.00 bits per heavy atom. The van der Waals surface area contributed by atoms with Crippen LogP contribution in [0.25, 0.3) is 0 Å². The molecule has 1 aliphatic rings. The minimum absolute atomic E-state index is 0.203. The van der Waals surface area contributed by atoms with Crippen LogP contribution in [0.2, 0.25) is 0 Å². The van der Waals surface area contributed by atoms with Gasteiger partial charge in [-0.15, -0.1) is 0 Å². The van der Waals surface area contributed by atoms with E-state index < -0.39 is 0 Å². The van der Waals surface area contributed by atoms with Crippen molar-refractivity contribution in [1.29, 1.82) is 0 Å². The average molecular weight is 312 g/mol. The molecule has 0 saturated carbocycles. The number of halogens is 1. The highest BCUT2D eigenvalue weighted by Gasteiger charge is 2.28. The van der Waals surface area contributed by atoms with Crippen LogP contribution in [0.3, 0.4) is 0 Å². The van der Waals surface area contributed by atoms with E-state index in [0.717, 1.165) is 23.2 Å². The van der Waals surface area contributed by atoms with Crippen molar-refractivity contribution < 1.29 is 4.74 Å². The molecule has 0 aliphatic carbocycles. The number of guanidine groups is 1. The lowest BCUT2D eigenvalue weighted by Gasteiger charge is -2.27. The van der Waals surface area contributed by atoms with Crippen LogP contribution in [0.5, 0.6) is 5.75 Å². The standard InChI is InChI=1S/C13H18BrN3O/c1-3-6-17-12(8-16-13(17)15)10-7-9(18-2)4-5-11(10)14/h4-5,7,12H,3,6,8H2,1-2H3,(H2,15,16). The molecule has 1 aromatic rings. The predicted molar refractivity (Wildman–Crippen MR) is 76.9 cm³/mol. The minimum atomic E-state index is 0.203. The van der Waals surface area contributed by atoms with Gasteiger partial charge in [0.2, 0.25) is 0 Å². The summed E-state index contributed by atoms with van der Waals surface area (Å²) in [4.78, 5) is 6.50. The van der Waals surface area contributed by atoms with Crippen LogP contribution in [0.15, 0.2) is 27.7 Å². The quantitative estimate of drug-likeness (QED) is 0.929. The highest BCUT2D eigenvalue weighted by Crippen LogP contribution is 2.33. The Morgan fingerprint density at radius 1 is 1.56 bits per heavy atom. The summed E-state index contributed by atoms with van der Waals surface area (Å²) < 4.78 is 6.35. The van der Waals surface area contributed by atoms with Crippen molar-refractivity contribution >= 4 is 21.9 Å². The Labute approximate surface area is 116 Å². The lowest BCUT2D eigenvalue weighted by Crippen LogP contribution is -2.36. The summed E-state index contributed by atoms with van der Waals surface area (Å²) >= 11 is 3.59. The zero-order valence-electron chi connectivity index (χ0n) is 10.7. The zero-order chi connectivity index (χ0) is 13.1. The van der Waals surface area contributed by atoms with Gasteiger partial charge in [0.15, 0.2) is 5.96 Å². The number of hydrogen-bond donors (Lipinski definition) is 1. The van der Waals surface area contributed by atoms with Crippen molar-refractivity contribution in [3.63, 3.8) is 0 Å². The number of nitrogens with two attached hydrogens (primary N) is 1. The Hall–Kier alpha value is -1.23. The first-order chi connectivity index (χ1) is 8.67. The largest absolute Gasteiger partial charge is 0.497 e. The highest BCUT2D eigenvalue weighted by molar-refractivity contribution is 9.10. The summed E-state index contributed by atoms with van der Waals surface area (Å²) in [5, 5.41) is 0. The van der Waals surface area contributed by atoms with Gasteiger partial charge < -0.3 is 15.4 Å². The van der Waals surface area contributed by atoms with Crippen molar-refractivity contribution in [3.05, 3.63) is 28.2 Å². The fourth-order valence-corrected chi connectivity index (χ4v) is 2.72. The molecule has 0 aromatic heterocycles. The SMILES string of the molecule is CCCN1C(N)=NCC1c1cc(OC)ccc1Br. The third-order valence-corrected chi connectivity index (χ3v) is 3.85. The highest BCUT2D eigenvalue weighted by atomic mass is 79.9. The second kappa shape index (κ2) is 5.61. The Balaban J connectivity index is 2.31. The molecular weight excluding hydrogens is 294 g/mol. The van der Waals surface area contributed by atoms with E-state index in [9.17, 15) is 0 Å². The van der Waals surface area contributed by atoms with Crippen LogP contribution in [-0.4, -0.2) is 31.1 Å². The smallest absolute Gasteiger partial charge is 0.191 e. The van der Waals surface area contributed by atoms with Gasteiger partial charge in [-0.25, -0.2) is 0 Å². The van der Waals surface area contributed by atoms with Gasteiger partial charge in [0.05, 0.1) is 19.7 Å². The van der Waals surface area contributed by atoms with E-state index in [-0.39, 0.29) is 6.04 Å². The van der Waals surface area contributed by atoms with Gasteiger partial charge in [0.1, 0.15) is 5.75 Å². The van der Waals surface area contributed by atoms with E-state index in [2.05, 4.69) is 32.7 Å². The predicted octanol–water partition coefficient (Wildman–Crippen LogP) is 2.54. The summed E-state index contributed by atoms with van der Waals surface area (Å²) in [6.45, 7) is 3.77. The molecule has 4 nitrogen and oxygen atoms in total. The first-order valence-corrected chi connectivity index (χ1v) is 6.86. The summed E-state index contributed by atoms with van der Waals surface area (Å²) in [5.74, 6) is 1.49. The maximum absolute atomic E-state index is 5.94. The number of methoxy groups -OCH3 is 1. The van der Waals surface area contributed by atoms with E-state index in [1.54, 1.807) is 7.11 Å². The summed E-state index contributed by atoms with van der Waals surface area (Å²) in [7, 11) is 1.68. The molecule has 1 heterocycles. The lowest BCUT2D eigenvalue weighted by molar-refractivity contribution is 0.344. The van der Waals surface area contributed by atoms with Gasteiger partial charge in [-0.3, -0.25) is 4.99 Å². The number of hydrogen-bond acceptors (Lipinski definition) is 4. The molecule has 1 unspecified atom stereocenters. The molecule has 1 atom stereocenters. The van der Waals surface area contributed by atoms with Gasteiger partial charge in [0.25, 0.3) is 0 Å². The van der Waals surface area contributed by atoms with E-state index in [4.69, 9.17) is 10.5 Å². The molecule has 0 bridgehead atoms. The molecule has 1 aliphatic heterocycles. The van der Waals surface area contributed by atoms with Crippen LogP contribution < -0.4 is 10.5 Å². The van der Waals surface area contributed by atoms with E-state index in [1.807, 2.05) is 18.2 Å². The van der Waals surface area contributed by atoms with Crippen molar-refractivity contribution in [3.8, 4) is 5.75 Å². The summed E-state index contributed by atoms with van der Waals surface area (Å²) in [6.07, 6.45) is 1.05. The molecule has 5 heteroatoms. The molecule has 0 spiro atoms. The average Bonchev–Trinajstić information content (AvgIpc) is 2.73. The van der Waals surface area contributed by atoms with Crippen LogP contribution in [0.4, 0.5) is 0 Å². The summed E-state index contributed by atoms with van der Waals surface area (Å²) in [6, 6.07) is 6.20. The number of benzene rings is 1. The molecule has 98 valence electrons. The molecular formula is C13H18BrN3O. The van der Waals surface area contributed by atoms with Gasteiger partial charge in [-0.2, -0.15) is 0 Å². The lowest BCUT2D eigenvalue weighted by atomic mass is 10.1. The zero-order valence-corrected chi connectivity index (χ0v) is 12.3. The Kier molecular flexibility index (Phi) is 4.11. The number of aliphatic imine (C=N–C) groups is 1. The molecule has 0 fully saturated rings. The maximum atomic E-state index is 5.94. The number of nitrogens with zero attached hydrogens (tertiary/aromatic N) is 2. The number of rotatable bonds is 4. The summed E-state index contributed by atoms with van der Waals surface area (Å²) in [5.41, 5.74) is 7.12. The van der Waals surface area contributed by atoms with Crippen LogP contribution in [0.1, 0.15) is 24.9 Å². The third kappa shape index (κ3) is 2.46. The van der Waals surface area contributed by atoms with Crippen LogP contribution >= 0.6 is 15.9 Å². The first kappa shape index (κ1) is 13.2. The van der Waals surface area contributed by atoms with E-state index in [1.165, 1.54) is 5.56 Å². The van der Waals surface area contributed by atoms with Gasteiger partial charge in [-0.05, 0) is 30.2 Å². The molecule has 18 heavy (non-hydrogen) atoms. The third-order valence-electron chi connectivity index (χ3n) is 3.12. The molecule has 1 aromatic carbocycles. The Bertz CT molecular complexity index is 462. The van der Waals surface area contributed by atoms with Gasteiger partial charge in [-0.1, -0.05) is 22.9 Å². The molecule has 0 saturated heterocycles. The molecule has 2 N–H and O–H groups in total. The molecule has 0 amide bonds. The fraction of sp³-hybridized carbons (Fsp3) is 0.462. The van der Waals surface area contributed by atoms with Crippen molar-refractivity contribution in [2.75, 3.05) is 20.2 Å². The van der Waals surface area contributed by atoms with E-state index in [0.29, 0.717) is 12.5 Å². The van der Waals surface area contributed by atoms with Gasteiger partial charge in [0, 0.05) is 11.0 Å². The fourth-order valence-electron chi connectivity index (χ4n) is 2.21. The van der Waals surface area contributed by atoms with Crippen LogP contribution in [-0.2, 0) is 0 Å². The van der Waals surface area contributed by atoms with Crippen molar-refractivity contribution in [2.45, 2.75) is 19.4 Å². The first-order valence-electron chi connectivity index (χ1n) is 6.07.